The molecule has 1 atom stereocenters. The molecule has 80 valence electrons. The Bertz CT molecular complexity index is 223. The molecule has 0 bridgehead atoms. The normalized spacial score (nSPS) is 23.3. The zero-order chi connectivity index (χ0) is 10.1. The van der Waals surface area contributed by atoms with E-state index in [1.165, 1.54) is 25.7 Å². The van der Waals surface area contributed by atoms with Crippen molar-refractivity contribution in [2.75, 3.05) is 6.54 Å². The predicted molar refractivity (Wildman–Crippen MR) is 60.5 cm³/mol. The Morgan fingerprint density at radius 1 is 1.43 bits per heavy atom. The molecular weight excluding hydrogens is 242 g/mol. The first-order valence-electron chi connectivity index (χ1n) is 5.67. The molecule has 0 aromatic heterocycles. The van der Waals surface area contributed by atoms with E-state index in [4.69, 9.17) is 0 Å². The van der Waals surface area contributed by atoms with E-state index in [1.54, 1.807) is 0 Å². The SMILES string of the molecule is CCC(Br)C(=O)N(CC1CC1)C1CC1. The first-order chi connectivity index (χ1) is 6.72. The van der Waals surface area contributed by atoms with E-state index in [0.29, 0.717) is 11.9 Å². The van der Waals surface area contributed by atoms with Gasteiger partial charge in [-0.15, -0.1) is 0 Å². The number of alkyl halides is 1. The van der Waals surface area contributed by atoms with E-state index in [-0.39, 0.29) is 4.83 Å². The highest BCUT2D eigenvalue weighted by Crippen LogP contribution is 2.35. The van der Waals surface area contributed by atoms with Crippen LogP contribution in [-0.4, -0.2) is 28.2 Å². The average Bonchev–Trinajstić information content (AvgIpc) is 3.02. The van der Waals surface area contributed by atoms with Crippen LogP contribution in [-0.2, 0) is 4.79 Å². The molecule has 1 unspecified atom stereocenters. The molecule has 0 radical (unpaired) electrons. The van der Waals surface area contributed by atoms with Crippen molar-refractivity contribution in [2.45, 2.75) is 49.9 Å². The lowest BCUT2D eigenvalue weighted by atomic mass is 10.2. The van der Waals surface area contributed by atoms with Crippen LogP contribution >= 0.6 is 15.9 Å². The summed E-state index contributed by atoms with van der Waals surface area (Å²) in [6.07, 6.45) is 6.00. The van der Waals surface area contributed by atoms with Crippen LogP contribution in [0.5, 0.6) is 0 Å². The molecule has 0 aromatic carbocycles. The molecule has 0 aliphatic heterocycles. The monoisotopic (exact) mass is 259 g/mol. The van der Waals surface area contributed by atoms with Gasteiger partial charge in [-0.1, -0.05) is 22.9 Å². The topological polar surface area (TPSA) is 20.3 Å². The van der Waals surface area contributed by atoms with Crippen LogP contribution in [0.3, 0.4) is 0 Å². The molecule has 1 amide bonds. The van der Waals surface area contributed by atoms with Gasteiger partial charge in [0.25, 0.3) is 0 Å². The van der Waals surface area contributed by atoms with E-state index in [2.05, 4.69) is 27.8 Å². The molecule has 0 N–H and O–H groups in total. The number of halogens is 1. The Kier molecular flexibility index (Phi) is 3.15. The van der Waals surface area contributed by atoms with Crippen molar-refractivity contribution in [3.63, 3.8) is 0 Å². The maximum atomic E-state index is 12.0. The van der Waals surface area contributed by atoms with Gasteiger partial charge in [0.2, 0.25) is 5.91 Å². The molecule has 0 aromatic rings. The Morgan fingerprint density at radius 2 is 2.07 bits per heavy atom. The summed E-state index contributed by atoms with van der Waals surface area (Å²) in [5.41, 5.74) is 0. The van der Waals surface area contributed by atoms with Gasteiger partial charge in [-0.25, -0.2) is 0 Å². The third-order valence-corrected chi connectivity index (χ3v) is 4.09. The highest BCUT2D eigenvalue weighted by molar-refractivity contribution is 9.10. The fourth-order valence-electron chi connectivity index (χ4n) is 1.74. The van der Waals surface area contributed by atoms with Crippen LogP contribution in [0.2, 0.25) is 0 Å². The summed E-state index contributed by atoms with van der Waals surface area (Å²) in [7, 11) is 0. The molecular formula is C11H18BrNO. The zero-order valence-electron chi connectivity index (χ0n) is 8.71. The van der Waals surface area contributed by atoms with Crippen LogP contribution in [0.25, 0.3) is 0 Å². The van der Waals surface area contributed by atoms with Crippen LogP contribution < -0.4 is 0 Å². The highest BCUT2D eigenvalue weighted by atomic mass is 79.9. The first-order valence-corrected chi connectivity index (χ1v) is 6.58. The summed E-state index contributed by atoms with van der Waals surface area (Å²) in [6.45, 7) is 3.07. The van der Waals surface area contributed by atoms with E-state index in [9.17, 15) is 4.79 Å². The van der Waals surface area contributed by atoms with Crippen molar-refractivity contribution in [1.29, 1.82) is 0 Å². The maximum Gasteiger partial charge on any atom is 0.236 e. The minimum atomic E-state index is 0.0434. The van der Waals surface area contributed by atoms with Crippen molar-refractivity contribution < 1.29 is 4.79 Å². The van der Waals surface area contributed by atoms with Crippen LogP contribution in [0.1, 0.15) is 39.0 Å². The van der Waals surface area contributed by atoms with E-state index in [1.807, 2.05) is 0 Å². The van der Waals surface area contributed by atoms with Crippen molar-refractivity contribution in [1.82, 2.24) is 4.90 Å². The molecule has 2 saturated carbocycles. The van der Waals surface area contributed by atoms with Gasteiger partial charge in [0, 0.05) is 12.6 Å². The summed E-state index contributed by atoms with van der Waals surface area (Å²) in [4.78, 5) is 14.2. The largest absolute Gasteiger partial charge is 0.338 e. The molecule has 2 rings (SSSR count). The van der Waals surface area contributed by atoms with Crippen molar-refractivity contribution >= 4 is 21.8 Å². The van der Waals surface area contributed by atoms with Gasteiger partial charge in [0.15, 0.2) is 0 Å². The van der Waals surface area contributed by atoms with Crippen LogP contribution in [0.4, 0.5) is 0 Å². The van der Waals surface area contributed by atoms with Crippen molar-refractivity contribution in [3.05, 3.63) is 0 Å². The Morgan fingerprint density at radius 3 is 2.50 bits per heavy atom. The first kappa shape index (κ1) is 10.5. The van der Waals surface area contributed by atoms with Gasteiger partial charge in [0.05, 0.1) is 4.83 Å². The highest BCUT2D eigenvalue weighted by Gasteiger charge is 2.37. The third-order valence-electron chi connectivity index (χ3n) is 3.05. The molecule has 0 spiro atoms. The lowest BCUT2D eigenvalue weighted by molar-refractivity contribution is -0.131. The Hall–Kier alpha value is -0.0500. The second-order valence-corrected chi connectivity index (χ2v) is 5.65. The number of nitrogens with zero attached hydrogens (tertiary/aromatic N) is 1. The van der Waals surface area contributed by atoms with Gasteiger partial charge in [-0.2, -0.15) is 0 Å². The molecule has 0 saturated heterocycles. The third kappa shape index (κ3) is 2.50. The second-order valence-electron chi connectivity index (χ2n) is 4.54. The Labute approximate surface area is 94.2 Å². The smallest absolute Gasteiger partial charge is 0.236 e. The van der Waals surface area contributed by atoms with Crippen LogP contribution in [0, 0.1) is 5.92 Å². The molecule has 0 heterocycles. The van der Waals surface area contributed by atoms with Crippen LogP contribution in [0.15, 0.2) is 0 Å². The molecule has 3 heteroatoms. The number of hydrogen-bond acceptors (Lipinski definition) is 1. The molecule has 2 fully saturated rings. The summed E-state index contributed by atoms with van der Waals surface area (Å²) in [6, 6.07) is 0.578. The fourth-order valence-corrected chi connectivity index (χ4v) is 2.00. The molecule has 14 heavy (non-hydrogen) atoms. The molecule has 2 nitrogen and oxygen atoms in total. The lowest BCUT2D eigenvalue weighted by Crippen LogP contribution is -2.39. The predicted octanol–water partition coefficient (Wildman–Crippen LogP) is 2.56. The average molecular weight is 260 g/mol. The minimum Gasteiger partial charge on any atom is -0.338 e. The number of amides is 1. The summed E-state index contributed by atoms with van der Waals surface area (Å²) < 4.78 is 0. The van der Waals surface area contributed by atoms with Gasteiger partial charge in [-0.3, -0.25) is 4.79 Å². The van der Waals surface area contributed by atoms with E-state index in [0.717, 1.165) is 18.9 Å². The molecule has 2 aliphatic rings. The lowest BCUT2D eigenvalue weighted by Gasteiger charge is -2.24. The fraction of sp³-hybridized carbons (Fsp3) is 0.909. The Balaban J connectivity index is 1.90. The van der Waals surface area contributed by atoms with Gasteiger partial charge in [-0.05, 0) is 38.0 Å². The zero-order valence-corrected chi connectivity index (χ0v) is 10.3. The second kappa shape index (κ2) is 4.21. The van der Waals surface area contributed by atoms with E-state index >= 15 is 0 Å². The van der Waals surface area contributed by atoms with Crippen molar-refractivity contribution in [3.8, 4) is 0 Å². The number of carbonyl (C=O) groups excluding carboxylic acids is 1. The van der Waals surface area contributed by atoms with Crippen molar-refractivity contribution in [2.24, 2.45) is 5.92 Å². The van der Waals surface area contributed by atoms with Gasteiger partial charge >= 0.3 is 0 Å². The number of hydrogen-bond donors (Lipinski definition) is 0. The number of carbonyl (C=O) groups is 1. The standard InChI is InChI=1S/C11H18BrNO/c1-2-10(12)11(14)13(9-5-6-9)7-8-3-4-8/h8-10H,2-7H2,1H3. The van der Waals surface area contributed by atoms with Gasteiger partial charge < -0.3 is 4.90 Å². The molecule has 2 aliphatic carbocycles. The maximum absolute atomic E-state index is 12.0. The number of rotatable bonds is 5. The quantitative estimate of drug-likeness (QED) is 0.696. The summed E-state index contributed by atoms with van der Waals surface area (Å²) in [5.74, 6) is 1.14. The summed E-state index contributed by atoms with van der Waals surface area (Å²) in [5, 5.41) is 0. The minimum absolute atomic E-state index is 0.0434. The van der Waals surface area contributed by atoms with E-state index < -0.39 is 0 Å². The van der Waals surface area contributed by atoms with Gasteiger partial charge in [0.1, 0.15) is 0 Å². The summed E-state index contributed by atoms with van der Waals surface area (Å²) >= 11 is 3.46.